The molecule has 1 aromatic heterocycles. The van der Waals surface area contributed by atoms with Gasteiger partial charge in [-0.3, -0.25) is 4.79 Å². The standard InChI is InChI=1S/C20H20FN3O2S/c1-26-16-9-3-2-8-15(16)22-19(25)13-6-5-11-24(12-13)20-23-18-14(21)7-4-10-17(18)27-20/h2-4,7-10,13H,5-6,11-12H2,1H3,(H,22,25). The zero-order valence-electron chi connectivity index (χ0n) is 14.9. The van der Waals surface area contributed by atoms with Crippen LogP contribution in [0.1, 0.15) is 12.8 Å². The van der Waals surface area contributed by atoms with Gasteiger partial charge in [0, 0.05) is 13.1 Å². The summed E-state index contributed by atoms with van der Waals surface area (Å²) in [4.78, 5) is 19.3. The van der Waals surface area contributed by atoms with Crippen molar-refractivity contribution < 1.29 is 13.9 Å². The van der Waals surface area contributed by atoms with Crippen molar-refractivity contribution in [3.8, 4) is 5.75 Å². The number of amides is 1. The van der Waals surface area contributed by atoms with Crippen molar-refractivity contribution in [1.82, 2.24) is 4.98 Å². The van der Waals surface area contributed by atoms with Crippen LogP contribution in [-0.2, 0) is 4.79 Å². The molecule has 27 heavy (non-hydrogen) atoms. The van der Waals surface area contributed by atoms with Crippen molar-refractivity contribution in [2.75, 3.05) is 30.4 Å². The van der Waals surface area contributed by atoms with Crippen LogP contribution in [0, 0.1) is 11.7 Å². The maximum atomic E-state index is 13.9. The van der Waals surface area contributed by atoms with Gasteiger partial charge in [-0.05, 0) is 37.1 Å². The number of hydrogen-bond acceptors (Lipinski definition) is 5. The van der Waals surface area contributed by atoms with Gasteiger partial charge >= 0.3 is 0 Å². The van der Waals surface area contributed by atoms with Gasteiger partial charge in [0.15, 0.2) is 5.13 Å². The fraction of sp³-hybridized carbons (Fsp3) is 0.300. The van der Waals surface area contributed by atoms with Crippen LogP contribution in [0.3, 0.4) is 0 Å². The van der Waals surface area contributed by atoms with Crippen molar-refractivity contribution in [1.29, 1.82) is 0 Å². The van der Waals surface area contributed by atoms with E-state index >= 15 is 0 Å². The minimum absolute atomic E-state index is 0.0310. The first kappa shape index (κ1) is 17.7. The second kappa shape index (κ2) is 7.52. The highest BCUT2D eigenvalue weighted by Gasteiger charge is 2.28. The molecule has 0 radical (unpaired) electrons. The molecule has 0 saturated carbocycles. The molecule has 1 atom stereocenters. The lowest BCUT2D eigenvalue weighted by Gasteiger charge is -2.31. The number of thiazole rings is 1. The van der Waals surface area contributed by atoms with Gasteiger partial charge in [-0.15, -0.1) is 0 Å². The number of carbonyl (C=O) groups is 1. The van der Waals surface area contributed by atoms with Crippen LogP contribution in [0.25, 0.3) is 10.2 Å². The third kappa shape index (κ3) is 3.60. The largest absolute Gasteiger partial charge is 0.495 e. The van der Waals surface area contributed by atoms with Crippen molar-refractivity contribution >= 4 is 38.3 Å². The number of methoxy groups -OCH3 is 1. The third-order valence-electron chi connectivity index (χ3n) is 4.79. The first-order valence-corrected chi connectivity index (χ1v) is 9.71. The number of para-hydroxylation sites is 3. The minimum Gasteiger partial charge on any atom is -0.495 e. The molecule has 1 aliphatic rings. The number of halogens is 1. The number of fused-ring (bicyclic) bond motifs is 1. The van der Waals surface area contributed by atoms with E-state index in [4.69, 9.17) is 4.74 Å². The number of nitrogens with one attached hydrogen (secondary N) is 1. The molecular weight excluding hydrogens is 365 g/mol. The number of rotatable bonds is 4. The summed E-state index contributed by atoms with van der Waals surface area (Å²) in [7, 11) is 1.58. The molecule has 3 aromatic rings. The van der Waals surface area contributed by atoms with Crippen molar-refractivity contribution in [2.45, 2.75) is 12.8 Å². The van der Waals surface area contributed by atoms with E-state index in [-0.39, 0.29) is 17.6 Å². The monoisotopic (exact) mass is 385 g/mol. The van der Waals surface area contributed by atoms with Gasteiger partial charge in [-0.2, -0.15) is 0 Å². The minimum atomic E-state index is -0.308. The SMILES string of the molecule is COc1ccccc1NC(=O)C1CCCN(c2nc3c(F)cccc3s2)C1. The Balaban J connectivity index is 1.50. The maximum absolute atomic E-state index is 13.9. The number of benzene rings is 2. The van der Waals surface area contributed by atoms with E-state index in [1.54, 1.807) is 13.2 Å². The summed E-state index contributed by atoms with van der Waals surface area (Å²) in [6.45, 7) is 1.39. The molecule has 1 amide bonds. The van der Waals surface area contributed by atoms with E-state index < -0.39 is 0 Å². The van der Waals surface area contributed by atoms with Crippen LogP contribution >= 0.6 is 11.3 Å². The third-order valence-corrected chi connectivity index (χ3v) is 5.87. The Hall–Kier alpha value is -2.67. The molecule has 1 saturated heterocycles. The summed E-state index contributed by atoms with van der Waals surface area (Å²) in [6.07, 6.45) is 1.71. The molecule has 140 valence electrons. The lowest BCUT2D eigenvalue weighted by Crippen LogP contribution is -2.40. The lowest BCUT2D eigenvalue weighted by atomic mass is 9.97. The van der Waals surface area contributed by atoms with Crippen molar-refractivity contribution in [3.05, 3.63) is 48.3 Å². The van der Waals surface area contributed by atoms with E-state index in [9.17, 15) is 9.18 Å². The summed E-state index contributed by atoms with van der Waals surface area (Å²) >= 11 is 1.46. The average molecular weight is 385 g/mol. The molecule has 4 rings (SSSR count). The molecule has 1 N–H and O–H groups in total. The first-order chi connectivity index (χ1) is 13.2. The fourth-order valence-electron chi connectivity index (χ4n) is 3.39. The van der Waals surface area contributed by atoms with Gasteiger partial charge in [-0.25, -0.2) is 9.37 Å². The number of aromatic nitrogens is 1. The van der Waals surface area contributed by atoms with Crippen LogP contribution in [-0.4, -0.2) is 31.1 Å². The Kier molecular flexibility index (Phi) is 4.94. The number of piperidine rings is 1. The molecular formula is C20H20FN3O2S. The number of hydrogen-bond donors (Lipinski definition) is 1. The number of nitrogens with zero attached hydrogens (tertiary/aromatic N) is 2. The van der Waals surface area contributed by atoms with Gasteiger partial charge in [0.25, 0.3) is 0 Å². The van der Waals surface area contributed by atoms with Crippen LogP contribution < -0.4 is 15.0 Å². The molecule has 1 aliphatic heterocycles. The van der Waals surface area contributed by atoms with Crippen molar-refractivity contribution in [2.24, 2.45) is 5.92 Å². The van der Waals surface area contributed by atoms with Gasteiger partial charge in [-0.1, -0.05) is 29.5 Å². The topological polar surface area (TPSA) is 54.5 Å². The van der Waals surface area contributed by atoms with E-state index in [1.165, 1.54) is 17.4 Å². The Labute approximate surface area is 160 Å². The number of anilines is 2. The Morgan fingerprint density at radius 2 is 2.15 bits per heavy atom. The highest BCUT2D eigenvalue weighted by Crippen LogP contribution is 2.33. The number of ether oxygens (including phenoxy) is 1. The second-order valence-corrected chi connectivity index (χ2v) is 7.57. The summed E-state index contributed by atoms with van der Waals surface area (Å²) in [5.74, 6) is 0.148. The van der Waals surface area contributed by atoms with E-state index in [0.29, 0.717) is 23.5 Å². The molecule has 0 bridgehead atoms. The lowest BCUT2D eigenvalue weighted by molar-refractivity contribution is -0.120. The van der Waals surface area contributed by atoms with Gasteiger partial charge in [0.2, 0.25) is 5.91 Å². The van der Waals surface area contributed by atoms with Gasteiger partial charge in [0.05, 0.1) is 23.4 Å². The molecule has 5 nitrogen and oxygen atoms in total. The molecule has 0 aliphatic carbocycles. The Morgan fingerprint density at radius 1 is 1.30 bits per heavy atom. The molecule has 2 heterocycles. The molecule has 2 aromatic carbocycles. The summed E-state index contributed by atoms with van der Waals surface area (Å²) in [6, 6.07) is 12.4. The maximum Gasteiger partial charge on any atom is 0.229 e. The predicted octanol–water partition coefficient (Wildman–Crippen LogP) is 4.30. The van der Waals surface area contributed by atoms with Crippen LogP contribution in [0.5, 0.6) is 5.75 Å². The molecule has 0 spiro atoms. The Bertz CT molecular complexity index is 975. The zero-order chi connectivity index (χ0) is 18.8. The normalized spacial score (nSPS) is 17.1. The fourth-order valence-corrected chi connectivity index (χ4v) is 4.40. The number of carbonyl (C=O) groups excluding carboxylic acids is 1. The second-order valence-electron chi connectivity index (χ2n) is 6.56. The summed E-state index contributed by atoms with van der Waals surface area (Å²) in [5.41, 5.74) is 1.07. The summed E-state index contributed by atoms with van der Waals surface area (Å²) < 4.78 is 20.1. The Morgan fingerprint density at radius 3 is 2.96 bits per heavy atom. The molecule has 7 heteroatoms. The van der Waals surface area contributed by atoms with Crippen LogP contribution in [0.4, 0.5) is 15.2 Å². The van der Waals surface area contributed by atoms with Crippen molar-refractivity contribution in [3.63, 3.8) is 0 Å². The first-order valence-electron chi connectivity index (χ1n) is 8.89. The van der Waals surface area contributed by atoms with E-state index in [2.05, 4.69) is 15.2 Å². The van der Waals surface area contributed by atoms with E-state index in [0.717, 1.165) is 29.2 Å². The smallest absolute Gasteiger partial charge is 0.229 e. The highest BCUT2D eigenvalue weighted by atomic mass is 32.1. The van der Waals surface area contributed by atoms with Gasteiger partial charge in [0.1, 0.15) is 17.1 Å². The highest BCUT2D eigenvalue weighted by molar-refractivity contribution is 7.22. The van der Waals surface area contributed by atoms with Crippen LogP contribution in [0.2, 0.25) is 0 Å². The quantitative estimate of drug-likeness (QED) is 0.728. The molecule has 1 unspecified atom stereocenters. The average Bonchev–Trinajstić information content (AvgIpc) is 3.14. The zero-order valence-corrected chi connectivity index (χ0v) is 15.8. The molecule has 1 fully saturated rings. The van der Waals surface area contributed by atoms with Gasteiger partial charge < -0.3 is 15.0 Å². The van der Waals surface area contributed by atoms with Crippen LogP contribution in [0.15, 0.2) is 42.5 Å². The van der Waals surface area contributed by atoms with E-state index in [1.807, 2.05) is 30.3 Å². The summed E-state index contributed by atoms with van der Waals surface area (Å²) in [5, 5.41) is 3.74. The predicted molar refractivity (Wildman–Crippen MR) is 106 cm³/mol.